The number of rotatable bonds is 4. The van der Waals surface area contributed by atoms with E-state index in [0.29, 0.717) is 31.1 Å². The van der Waals surface area contributed by atoms with Crippen LogP contribution in [0.25, 0.3) is 0 Å². The predicted octanol–water partition coefficient (Wildman–Crippen LogP) is 1.27. The van der Waals surface area contributed by atoms with Crippen LogP contribution in [0.2, 0.25) is 0 Å². The van der Waals surface area contributed by atoms with Gasteiger partial charge in [0.1, 0.15) is 12.4 Å². The summed E-state index contributed by atoms with van der Waals surface area (Å²) in [5.41, 5.74) is 7.52. The van der Waals surface area contributed by atoms with E-state index in [2.05, 4.69) is 0 Å². The van der Waals surface area contributed by atoms with Gasteiger partial charge < -0.3 is 20.1 Å². The summed E-state index contributed by atoms with van der Waals surface area (Å²) in [6.45, 7) is 1.82. The molecule has 0 aliphatic carbocycles. The molecule has 1 aliphatic heterocycles. The number of cyclic esters (lactones) is 1. The van der Waals surface area contributed by atoms with E-state index >= 15 is 0 Å². The Kier molecular flexibility index (Phi) is 3.37. The summed E-state index contributed by atoms with van der Waals surface area (Å²) in [5, 5.41) is 0. The monoisotopic (exact) mass is 236 g/mol. The van der Waals surface area contributed by atoms with Crippen LogP contribution in [0.5, 0.6) is 5.75 Å². The van der Waals surface area contributed by atoms with E-state index in [1.165, 1.54) is 0 Å². The largest absolute Gasteiger partial charge is 0.495 e. The van der Waals surface area contributed by atoms with Crippen LogP contribution < -0.4 is 10.5 Å². The lowest BCUT2D eigenvalue weighted by Gasteiger charge is -2.13. The fraction of sp³-hybridized carbons (Fsp3) is 0.417. The summed E-state index contributed by atoms with van der Waals surface area (Å²) in [4.78, 5) is 12.9. The molecule has 1 aromatic rings. The molecule has 0 aromatic heterocycles. The van der Waals surface area contributed by atoms with Crippen molar-refractivity contribution in [3.8, 4) is 5.75 Å². The lowest BCUT2D eigenvalue weighted by atomic mass is 10.1. The van der Waals surface area contributed by atoms with Crippen LogP contribution in [0.4, 0.5) is 10.5 Å². The molecule has 5 nitrogen and oxygen atoms in total. The average Bonchev–Trinajstić information content (AvgIpc) is 2.72. The van der Waals surface area contributed by atoms with Crippen LogP contribution in [0, 0.1) is 0 Å². The van der Waals surface area contributed by atoms with E-state index < -0.39 is 0 Å². The Bertz CT molecular complexity index is 420. The van der Waals surface area contributed by atoms with Crippen molar-refractivity contribution in [1.82, 2.24) is 4.90 Å². The van der Waals surface area contributed by atoms with Crippen LogP contribution in [0.1, 0.15) is 5.56 Å². The highest BCUT2D eigenvalue weighted by atomic mass is 16.6. The van der Waals surface area contributed by atoms with Crippen molar-refractivity contribution in [3.63, 3.8) is 0 Å². The highest BCUT2D eigenvalue weighted by Crippen LogP contribution is 2.22. The van der Waals surface area contributed by atoms with E-state index in [1.54, 1.807) is 12.0 Å². The highest BCUT2D eigenvalue weighted by molar-refractivity contribution is 5.69. The SMILES string of the molecule is COc1ccc(CCN2CCOC2=O)cc1N. The minimum Gasteiger partial charge on any atom is -0.495 e. The molecule has 0 radical (unpaired) electrons. The molecule has 1 aromatic carbocycles. The molecule has 0 atom stereocenters. The Morgan fingerprint density at radius 2 is 2.35 bits per heavy atom. The van der Waals surface area contributed by atoms with Gasteiger partial charge in [0.25, 0.3) is 0 Å². The van der Waals surface area contributed by atoms with Crippen molar-refractivity contribution in [3.05, 3.63) is 23.8 Å². The number of carbonyl (C=O) groups is 1. The van der Waals surface area contributed by atoms with Gasteiger partial charge in [0, 0.05) is 6.54 Å². The molecule has 0 spiro atoms. The van der Waals surface area contributed by atoms with Crippen molar-refractivity contribution in [2.75, 3.05) is 32.5 Å². The lowest BCUT2D eigenvalue weighted by molar-refractivity contribution is 0.159. The van der Waals surface area contributed by atoms with Crippen LogP contribution >= 0.6 is 0 Å². The summed E-state index contributed by atoms with van der Waals surface area (Å²) >= 11 is 0. The first-order valence-corrected chi connectivity index (χ1v) is 5.55. The molecule has 92 valence electrons. The smallest absolute Gasteiger partial charge is 0.409 e. The topological polar surface area (TPSA) is 64.8 Å². The number of carbonyl (C=O) groups excluding carboxylic acids is 1. The standard InChI is InChI=1S/C12H16N2O3/c1-16-11-3-2-9(8-10(11)13)4-5-14-6-7-17-12(14)15/h2-3,8H,4-7,13H2,1H3. The van der Waals surface area contributed by atoms with Gasteiger partial charge >= 0.3 is 6.09 Å². The van der Waals surface area contributed by atoms with Gasteiger partial charge in [0.05, 0.1) is 19.3 Å². The maximum atomic E-state index is 11.2. The predicted molar refractivity (Wildman–Crippen MR) is 64.0 cm³/mol. The number of nitrogens with zero attached hydrogens (tertiary/aromatic N) is 1. The second-order valence-electron chi connectivity index (χ2n) is 3.93. The first-order chi connectivity index (χ1) is 8.20. The molecule has 2 rings (SSSR count). The number of anilines is 1. The van der Waals surface area contributed by atoms with Crippen molar-refractivity contribution >= 4 is 11.8 Å². The summed E-state index contributed by atoms with van der Waals surface area (Å²) in [5.74, 6) is 0.675. The molecule has 0 bridgehead atoms. The maximum Gasteiger partial charge on any atom is 0.409 e. The Hall–Kier alpha value is -1.91. The normalized spacial score (nSPS) is 14.9. The zero-order valence-corrected chi connectivity index (χ0v) is 9.81. The molecule has 5 heteroatoms. The summed E-state index contributed by atoms with van der Waals surface area (Å²) in [7, 11) is 1.59. The Labute approximate surface area is 100 Å². The van der Waals surface area contributed by atoms with E-state index in [1.807, 2.05) is 18.2 Å². The number of hydrogen-bond donors (Lipinski definition) is 1. The molecule has 1 saturated heterocycles. The molecule has 0 saturated carbocycles. The Morgan fingerprint density at radius 3 is 2.94 bits per heavy atom. The second-order valence-corrected chi connectivity index (χ2v) is 3.93. The van der Waals surface area contributed by atoms with E-state index in [4.69, 9.17) is 15.2 Å². The van der Waals surface area contributed by atoms with Gasteiger partial charge in [-0.25, -0.2) is 4.79 Å². The third-order valence-electron chi connectivity index (χ3n) is 2.81. The first-order valence-electron chi connectivity index (χ1n) is 5.55. The molecule has 1 fully saturated rings. The Morgan fingerprint density at radius 1 is 1.53 bits per heavy atom. The first kappa shape index (κ1) is 11.6. The van der Waals surface area contributed by atoms with Gasteiger partial charge in [-0.15, -0.1) is 0 Å². The molecular weight excluding hydrogens is 220 g/mol. The van der Waals surface area contributed by atoms with Crippen LogP contribution in [-0.4, -0.2) is 37.8 Å². The fourth-order valence-electron chi connectivity index (χ4n) is 1.83. The number of ether oxygens (including phenoxy) is 2. The van der Waals surface area contributed by atoms with Crippen molar-refractivity contribution in [2.45, 2.75) is 6.42 Å². The molecule has 0 unspecified atom stereocenters. The lowest BCUT2D eigenvalue weighted by Crippen LogP contribution is -2.26. The average molecular weight is 236 g/mol. The Balaban J connectivity index is 1.95. The quantitative estimate of drug-likeness (QED) is 0.800. The summed E-state index contributed by atoms with van der Waals surface area (Å²) < 4.78 is 9.94. The van der Waals surface area contributed by atoms with Gasteiger partial charge in [-0.2, -0.15) is 0 Å². The molecule has 1 amide bonds. The second kappa shape index (κ2) is 4.95. The zero-order chi connectivity index (χ0) is 12.3. The number of methoxy groups -OCH3 is 1. The molecule has 2 N–H and O–H groups in total. The minimum absolute atomic E-state index is 0.230. The van der Waals surface area contributed by atoms with Crippen LogP contribution in [0.3, 0.4) is 0 Å². The third kappa shape index (κ3) is 2.61. The van der Waals surface area contributed by atoms with Gasteiger partial charge in [0.2, 0.25) is 0 Å². The molecular formula is C12H16N2O3. The van der Waals surface area contributed by atoms with E-state index in [9.17, 15) is 4.79 Å². The zero-order valence-electron chi connectivity index (χ0n) is 9.81. The fourth-order valence-corrected chi connectivity index (χ4v) is 1.83. The summed E-state index contributed by atoms with van der Waals surface area (Å²) in [6.07, 6.45) is 0.537. The van der Waals surface area contributed by atoms with E-state index in [-0.39, 0.29) is 6.09 Å². The number of hydrogen-bond acceptors (Lipinski definition) is 4. The van der Waals surface area contributed by atoms with Crippen molar-refractivity contribution in [1.29, 1.82) is 0 Å². The van der Waals surface area contributed by atoms with Gasteiger partial charge in [0.15, 0.2) is 0 Å². The molecule has 1 aliphatic rings. The third-order valence-corrected chi connectivity index (χ3v) is 2.81. The van der Waals surface area contributed by atoms with Gasteiger partial charge in [-0.3, -0.25) is 0 Å². The van der Waals surface area contributed by atoms with Crippen molar-refractivity contribution in [2.24, 2.45) is 0 Å². The number of amides is 1. The number of nitrogens with two attached hydrogens (primary N) is 1. The van der Waals surface area contributed by atoms with Gasteiger partial charge in [-0.1, -0.05) is 6.07 Å². The minimum atomic E-state index is -0.230. The highest BCUT2D eigenvalue weighted by Gasteiger charge is 2.21. The number of benzene rings is 1. The summed E-state index contributed by atoms with van der Waals surface area (Å²) in [6, 6.07) is 5.67. The van der Waals surface area contributed by atoms with Crippen molar-refractivity contribution < 1.29 is 14.3 Å². The molecule has 1 heterocycles. The van der Waals surface area contributed by atoms with E-state index in [0.717, 1.165) is 12.0 Å². The maximum absolute atomic E-state index is 11.2. The van der Waals surface area contributed by atoms with Crippen LogP contribution in [0.15, 0.2) is 18.2 Å². The van der Waals surface area contributed by atoms with Gasteiger partial charge in [-0.05, 0) is 24.1 Å². The molecule has 17 heavy (non-hydrogen) atoms. The number of nitrogen functional groups attached to an aromatic ring is 1. The van der Waals surface area contributed by atoms with Crippen LogP contribution in [-0.2, 0) is 11.2 Å².